The molecular formula is C10H15N3O4. The van der Waals surface area contributed by atoms with Crippen LogP contribution in [0.1, 0.15) is 24.6 Å². The predicted octanol–water partition coefficient (Wildman–Crippen LogP) is -1.20. The van der Waals surface area contributed by atoms with Crippen molar-refractivity contribution in [3.8, 4) is 0 Å². The minimum absolute atomic E-state index is 0.403. The number of hydrogen-bond donors (Lipinski definition) is 3. The van der Waals surface area contributed by atoms with Crippen molar-refractivity contribution < 1.29 is 9.84 Å². The average molecular weight is 241 g/mol. The van der Waals surface area contributed by atoms with Crippen molar-refractivity contribution in [2.75, 3.05) is 0 Å². The maximum Gasteiger partial charge on any atom is 0.330 e. The lowest BCUT2D eigenvalue weighted by atomic mass is 10.2. The van der Waals surface area contributed by atoms with Crippen molar-refractivity contribution in [1.82, 2.24) is 9.55 Å². The normalized spacial score (nSPS) is 26.1. The standard InChI is InChI=1S/C10H15N3O4/c1-5-4-13(10(16)12-9(5)15)7-3-2-6(17-7)8(11)14/h4,6-8,14H,2-3,11H2,1H3,(H,12,15,16)/t6-,7+,8?/m0/s1. The molecule has 3 atom stereocenters. The molecule has 1 aliphatic heterocycles. The van der Waals surface area contributed by atoms with Crippen LogP contribution < -0.4 is 17.0 Å². The van der Waals surface area contributed by atoms with Crippen molar-refractivity contribution >= 4 is 0 Å². The van der Waals surface area contributed by atoms with Gasteiger partial charge in [0, 0.05) is 11.8 Å². The van der Waals surface area contributed by atoms with E-state index in [2.05, 4.69) is 4.98 Å². The zero-order chi connectivity index (χ0) is 12.6. The molecule has 0 amide bonds. The summed E-state index contributed by atoms with van der Waals surface area (Å²) in [5.74, 6) is 0. The fourth-order valence-corrected chi connectivity index (χ4v) is 1.90. The first-order valence-corrected chi connectivity index (χ1v) is 5.40. The van der Waals surface area contributed by atoms with E-state index < -0.39 is 29.8 Å². The van der Waals surface area contributed by atoms with Gasteiger partial charge in [0.1, 0.15) is 12.5 Å². The number of aromatic nitrogens is 2. The Kier molecular flexibility index (Phi) is 3.14. The first-order chi connectivity index (χ1) is 7.99. The maximum absolute atomic E-state index is 11.6. The third kappa shape index (κ3) is 2.31. The van der Waals surface area contributed by atoms with E-state index in [1.165, 1.54) is 10.8 Å². The first-order valence-electron chi connectivity index (χ1n) is 5.40. The molecule has 94 valence electrons. The van der Waals surface area contributed by atoms with Crippen LogP contribution in [-0.4, -0.2) is 27.0 Å². The second-order valence-electron chi connectivity index (χ2n) is 4.18. The number of aliphatic hydroxyl groups excluding tert-OH is 1. The number of aliphatic hydroxyl groups is 1. The SMILES string of the molecule is Cc1cn([C@H]2CC[C@@H](C(N)O)O2)c(=O)[nH]c1=O. The van der Waals surface area contributed by atoms with E-state index in [1.54, 1.807) is 6.92 Å². The fourth-order valence-electron chi connectivity index (χ4n) is 1.90. The number of aromatic amines is 1. The summed E-state index contributed by atoms with van der Waals surface area (Å²) in [6, 6.07) is 0. The van der Waals surface area contributed by atoms with Crippen LogP contribution in [0.5, 0.6) is 0 Å². The van der Waals surface area contributed by atoms with Crippen LogP contribution in [0.15, 0.2) is 15.8 Å². The quantitative estimate of drug-likeness (QED) is 0.563. The maximum atomic E-state index is 11.6. The van der Waals surface area contributed by atoms with Crippen molar-refractivity contribution in [2.45, 2.75) is 38.3 Å². The molecule has 0 spiro atoms. The summed E-state index contributed by atoms with van der Waals surface area (Å²) in [7, 11) is 0. The molecule has 1 fully saturated rings. The third-order valence-corrected chi connectivity index (χ3v) is 2.87. The van der Waals surface area contributed by atoms with E-state index in [-0.39, 0.29) is 0 Å². The Morgan fingerprint density at radius 2 is 2.29 bits per heavy atom. The van der Waals surface area contributed by atoms with Crippen molar-refractivity contribution in [3.05, 3.63) is 32.6 Å². The molecule has 0 radical (unpaired) electrons. The third-order valence-electron chi connectivity index (χ3n) is 2.87. The van der Waals surface area contributed by atoms with E-state index >= 15 is 0 Å². The highest BCUT2D eigenvalue weighted by molar-refractivity contribution is 5.01. The Labute approximate surface area is 96.8 Å². The molecule has 4 N–H and O–H groups in total. The highest BCUT2D eigenvalue weighted by atomic mass is 16.5. The summed E-state index contributed by atoms with van der Waals surface area (Å²) in [5, 5.41) is 9.19. The van der Waals surface area contributed by atoms with Crippen molar-refractivity contribution in [3.63, 3.8) is 0 Å². The Morgan fingerprint density at radius 1 is 1.59 bits per heavy atom. The van der Waals surface area contributed by atoms with Gasteiger partial charge < -0.3 is 15.6 Å². The van der Waals surface area contributed by atoms with Crippen LogP contribution >= 0.6 is 0 Å². The van der Waals surface area contributed by atoms with Crippen LogP contribution in [0.2, 0.25) is 0 Å². The molecule has 7 heteroatoms. The van der Waals surface area contributed by atoms with Gasteiger partial charge in [0.2, 0.25) is 0 Å². The monoisotopic (exact) mass is 241 g/mol. The van der Waals surface area contributed by atoms with E-state index in [4.69, 9.17) is 10.5 Å². The van der Waals surface area contributed by atoms with Gasteiger partial charge in [-0.1, -0.05) is 0 Å². The molecular weight excluding hydrogens is 226 g/mol. The second-order valence-corrected chi connectivity index (χ2v) is 4.18. The molecule has 1 aliphatic rings. The smallest absolute Gasteiger partial charge is 0.330 e. The minimum atomic E-state index is -1.06. The molecule has 7 nitrogen and oxygen atoms in total. The summed E-state index contributed by atoms with van der Waals surface area (Å²) in [6.45, 7) is 1.61. The predicted molar refractivity (Wildman–Crippen MR) is 59.4 cm³/mol. The molecule has 1 aromatic rings. The van der Waals surface area contributed by atoms with Crippen LogP contribution in [0.4, 0.5) is 0 Å². The highest BCUT2D eigenvalue weighted by Gasteiger charge is 2.30. The molecule has 17 heavy (non-hydrogen) atoms. The van der Waals surface area contributed by atoms with Crippen LogP contribution in [-0.2, 0) is 4.74 Å². The zero-order valence-electron chi connectivity index (χ0n) is 9.42. The number of hydrogen-bond acceptors (Lipinski definition) is 5. The minimum Gasteiger partial charge on any atom is -0.376 e. The van der Waals surface area contributed by atoms with Gasteiger partial charge in [0.15, 0.2) is 0 Å². The Hall–Kier alpha value is -1.44. The van der Waals surface area contributed by atoms with Gasteiger partial charge in [-0.25, -0.2) is 4.79 Å². The Balaban J connectivity index is 2.28. The Morgan fingerprint density at radius 3 is 2.88 bits per heavy atom. The number of rotatable bonds is 2. The highest BCUT2D eigenvalue weighted by Crippen LogP contribution is 2.27. The summed E-state index contributed by atoms with van der Waals surface area (Å²) in [4.78, 5) is 25.0. The zero-order valence-corrected chi connectivity index (χ0v) is 9.42. The van der Waals surface area contributed by atoms with Crippen LogP contribution in [0.3, 0.4) is 0 Å². The average Bonchev–Trinajstić information content (AvgIpc) is 2.72. The number of aryl methyl sites for hydroxylation is 1. The molecule has 0 saturated carbocycles. The van der Waals surface area contributed by atoms with Crippen LogP contribution in [0, 0.1) is 6.92 Å². The van der Waals surface area contributed by atoms with Gasteiger partial charge >= 0.3 is 5.69 Å². The second kappa shape index (κ2) is 4.44. The number of H-pyrrole nitrogens is 1. The molecule has 0 aromatic carbocycles. The van der Waals surface area contributed by atoms with Gasteiger partial charge in [-0.3, -0.25) is 14.3 Å². The molecule has 1 aromatic heterocycles. The summed E-state index contributed by atoms with van der Waals surface area (Å²) >= 11 is 0. The molecule has 1 saturated heterocycles. The summed E-state index contributed by atoms with van der Waals surface area (Å²) in [6.07, 6.45) is 0.592. The molecule has 2 rings (SSSR count). The molecule has 2 heterocycles. The number of nitrogens with zero attached hydrogens (tertiary/aromatic N) is 1. The summed E-state index contributed by atoms with van der Waals surface area (Å²) in [5.41, 5.74) is 4.83. The Bertz CT molecular complexity index is 519. The lowest BCUT2D eigenvalue weighted by Crippen LogP contribution is -2.36. The van der Waals surface area contributed by atoms with Gasteiger partial charge in [-0.15, -0.1) is 0 Å². The fraction of sp³-hybridized carbons (Fsp3) is 0.600. The lowest BCUT2D eigenvalue weighted by Gasteiger charge is -2.17. The topological polar surface area (TPSA) is 110 Å². The van der Waals surface area contributed by atoms with Crippen molar-refractivity contribution in [2.24, 2.45) is 5.73 Å². The van der Waals surface area contributed by atoms with Gasteiger partial charge in [0.25, 0.3) is 5.56 Å². The largest absolute Gasteiger partial charge is 0.376 e. The molecule has 1 unspecified atom stereocenters. The number of ether oxygens (including phenoxy) is 1. The molecule has 0 bridgehead atoms. The van der Waals surface area contributed by atoms with Gasteiger partial charge in [-0.2, -0.15) is 0 Å². The van der Waals surface area contributed by atoms with Crippen LogP contribution in [0.25, 0.3) is 0 Å². The van der Waals surface area contributed by atoms with Gasteiger partial charge in [0.05, 0.1) is 6.10 Å². The van der Waals surface area contributed by atoms with E-state index in [0.29, 0.717) is 18.4 Å². The first kappa shape index (κ1) is 12.0. The molecule has 0 aliphatic carbocycles. The number of nitrogens with two attached hydrogens (primary N) is 1. The number of nitrogens with one attached hydrogen (secondary N) is 1. The van der Waals surface area contributed by atoms with E-state index in [1.807, 2.05) is 0 Å². The summed E-state index contributed by atoms with van der Waals surface area (Å²) < 4.78 is 6.77. The van der Waals surface area contributed by atoms with Crippen molar-refractivity contribution in [1.29, 1.82) is 0 Å². The van der Waals surface area contributed by atoms with Gasteiger partial charge in [-0.05, 0) is 19.8 Å². The van der Waals surface area contributed by atoms with E-state index in [9.17, 15) is 14.7 Å². The van der Waals surface area contributed by atoms with E-state index in [0.717, 1.165) is 0 Å². The lowest BCUT2D eigenvalue weighted by molar-refractivity contribution is -0.0584.